The standard InChI is InChI=1S/C12H16FNO4/c1-2-18-11(16)6-10(15)12(17)7-3-8(13)5-9(14)4-7/h3-5,10,12,15,17H,2,6,14H2,1H3. The zero-order valence-corrected chi connectivity index (χ0v) is 9.97. The molecule has 0 bridgehead atoms. The van der Waals surface area contributed by atoms with Gasteiger partial charge < -0.3 is 20.7 Å². The van der Waals surface area contributed by atoms with E-state index in [0.29, 0.717) is 0 Å². The summed E-state index contributed by atoms with van der Waals surface area (Å²) in [5.74, 6) is -1.25. The maximum absolute atomic E-state index is 13.1. The number of benzene rings is 1. The van der Waals surface area contributed by atoms with Gasteiger partial charge in [0.2, 0.25) is 0 Å². The van der Waals surface area contributed by atoms with Crippen LogP contribution < -0.4 is 5.73 Å². The summed E-state index contributed by atoms with van der Waals surface area (Å²) < 4.78 is 17.7. The number of halogens is 1. The molecule has 0 aromatic heterocycles. The molecule has 0 saturated heterocycles. The monoisotopic (exact) mass is 257 g/mol. The molecule has 0 aliphatic carbocycles. The maximum atomic E-state index is 13.1. The summed E-state index contributed by atoms with van der Waals surface area (Å²) in [5, 5.41) is 19.4. The van der Waals surface area contributed by atoms with E-state index < -0.39 is 24.0 Å². The van der Waals surface area contributed by atoms with Crippen molar-refractivity contribution in [2.24, 2.45) is 0 Å². The topological polar surface area (TPSA) is 92.8 Å². The maximum Gasteiger partial charge on any atom is 0.308 e. The number of hydrogen-bond acceptors (Lipinski definition) is 5. The van der Waals surface area contributed by atoms with Gasteiger partial charge in [0, 0.05) is 5.69 Å². The van der Waals surface area contributed by atoms with Crippen LogP contribution in [0.4, 0.5) is 10.1 Å². The minimum atomic E-state index is -1.40. The molecule has 2 atom stereocenters. The van der Waals surface area contributed by atoms with Crippen LogP contribution in [0.5, 0.6) is 0 Å². The fraction of sp³-hybridized carbons (Fsp3) is 0.417. The van der Waals surface area contributed by atoms with Crippen LogP contribution in [0.15, 0.2) is 18.2 Å². The number of aliphatic hydroxyl groups excluding tert-OH is 2. The molecule has 0 spiro atoms. The normalized spacial score (nSPS) is 14.0. The van der Waals surface area contributed by atoms with Crippen molar-refractivity contribution in [3.63, 3.8) is 0 Å². The van der Waals surface area contributed by atoms with Gasteiger partial charge >= 0.3 is 5.97 Å². The zero-order chi connectivity index (χ0) is 13.7. The van der Waals surface area contributed by atoms with Gasteiger partial charge in [0.25, 0.3) is 0 Å². The lowest BCUT2D eigenvalue weighted by Gasteiger charge is -2.17. The smallest absolute Gasteiger partial charge is 0.308 e. The fourth-order valence-corrected chi connectivity index (χ4v) is 1.53. The number of carbonyl (C=O) groups is 1. The van der Waals surface area contributed by atoms with Crippen LogP contribution >= 0.6 is 0 Å². The Morgan fingerprint density at radius 1 is 1.44 bits per heavy atom. The molecule has 0 aliphatic rings. The van der Waals surface area contributed by atoms with E-state index in [4.69, 9.17) is 5.73 Å². The molecule has 18 heavy (non-hydrogen) atoms. The van der Waals surface area contributed by atoms with E-state index in [1.54, 1.807) is 6.92 Å². The quantitative estimate of drug-likeness (QED) is 0.535. The van der Waals surface area contributed by atoms with Crippen LogP contribution in [0.1, 0.15) is 25.0 Å². The first-order valence-corrected chi connectivity index (χ1v) is 5.51. The van der Waals surface area contributed by atoms with Gasteiger partial charge in [0.15, 0.2) is 0 Å². The minimum absolute atomic E-state index is 0.115. The summed E-state index contributed by atoms with van der Waals surface area (Å²) in [6, 6.07) is 3.48. The lowest BCUT2D eigenvalue weighted by Crippen LogP contribution is -2.23. The van der Waals surface area contributed by atoms with Crippen molar-refractivity contribution < 1.29 is 24.1 Å². The van der Waals surface area contributed by atoms with E-state index in [9.17, 15) is 19.4 Å². The van der Waals surface area contributed by atoms with Gasteiger partial charge in [-0.15, -0.1) is 0 Å². The van der Waals surface area contributed by atoms with Crippen molar-refractivity contribution >= 4 is 11.7 Å². The summed E-state index contributed by atoms with van der Waals surface area (Å²) in [6.07, 6.45) is -3.14. The molecule has 1 rings (SSSR count). The Morgan fingerprint density at radius 3 is 2.67 bits per heavy atom. The van der Waals surface area contributed by atoms with E-state index in [-0.39, 0.29) is 24.3 Å². The molecule has 4 N–H and O–H groups in total. The Bertz CT molecular complexity index is 404. The average Bonchev–Trinajstić information content (AvgIpc) is 2.26. The lowest BCUT2D eigenvalue weighted by atomic mass is 10.0. The third kappa shape index (κ3) is 3.97. The van der Waals surface area contributed by atoms with Crippen LogP contribution in [-0.2, 0) is 9.53 Å². The highest BCUT2D eigenvalue weighted by Crippen LogP contribution is 2.22. The third-order valence-electron chi connectivity index (χ3n) is 2.33. The van der Waals surface area contributed by atoms with E-state index in [1.807, 2.05) is 0 Å². The molecule has 0 heterocycles. The zero-order valence-electron chi connectivity index (χ0n) is 9.97. The third-order valence-corrected chi connectivity index (χ3v) is 2.33. The van der Waals surface area contributed by atoms with Crippen LogP contribution in [-0.4, -0.2) is 28.9 Å². The van der Waals surface area contributed by atoms with Gasteiger partial charge in [-0.3, -0.25) is 4.79 Å². The number of ether oxygens (including phenoxy) is 1. The van der Waals surface area contributed by atoms with Crippen LogP contribution in [0.2, 0.25) is 0 Å². The van der Waals surface area contributed by atoms with E-state index >= 15 is 0 Å². The molecule has 2 unspecified atom stereocenters. The Hall–Kier alpha value is -1.66. The van der Waals surface area contributed by atoms with Gasteiger partial charge in [-0.25, -0.2) is 4.39 Å². The highest BCUT2D eigenvalue weighted by Gasteiger charge is 2.22. The first-order valence-electron chi connectivity index (χ1n) is 5.51. The first-order chi connectivity index (χ1) is 8.43. The van der Waals surface area contributed by atoms with E-state index in [2.05, 4.69) is 4.74 Å². The highest BCUT2D eigenvalue weighted by atomic mass is 19.1. The fourth-order valence-electron chi connectivity index (χ4n) is 1.53. The van der Waals surface area contributed by atoms with Gasteiger partial charge in [-0.1, -0.05) is 0 Å². The number of nitrogen functional groups attached to an aromatic ring is 1. The summed E-state index contributed by atoms with van der Waals surface area (Å²) >= 11 is 0. The number of nitrogens with two attached hydrogens (primary N) is 1. The number of hydrogen-bond donors (Lipinski definition) is 3. The molecule has 0 saturated carbocycles. The van der Waals surface area contributed by atoms with Gasteiger partial charge in [0.05, 0.1) is 19.1 Å². The number of carbonyl (C=O) groups excluding carboxylic acids is 1. The van der Waals surface area contributed by atoms with Gasteiger partial charge in [-0.2, -0.15) is 0 Å². The second kappa shape index (κ2) is 6.32. The van der Waals surface area contributed by atoms with E-state index in [0.717, 1.165) is 12.1 Å². The largest absolute Gasteiger partial charge is 0.466 e. The second-order valence-electron chi connectivity index (χ2n) is 3.84. The predicted molar refractivity (Wildman–Crippen MR) is 63.0 cm³/mol. The Labute approximate surface area is 104 Å². The second-order valence-corrected chi connectivity index (χ2v) is 3.84. The van der Waals surface area contributed by atoms with E-state index in [1.165, 1.54) is 6.07 Å². The summed E-state index contributed by atoms with van der Waals surface area (Å²) in [7, 11) is 0. The highest BCUT2D eigenvalue weighted by molar-refractivity contribution is 5.70. The van der Waals surface area contributed by atoms with Crippen LogP contribution in [0.25, 0.3) is 0 Å². The summed E-state index contributed by atoms with van der Waals surface area (Å²) in [6.45, 7) is 1.82. The number of aliphatic hydroxyl groups is 2. The van der Waals surface area contributed by atoms with Gasteiger partial charge in [-0.05, 0) is 30.7 Å². The molecule has 1 aromatic rings. The molecule has 5 nitrogen and oxygen atoms in total. The molecular formula is C12H16FNO4. The minimum Gasteiger partial charge on any atom is -0.466 e. The van der Waals surface area contributed by atoms with Gasteiger partial charge in [0.1, 0.15) is 11.9 Å². The summed E-state index contributed by atoms with van der Waals surface area (Å²) in [4.78, 5) is 11.1. The van der Waals surface area contributed by atoms with Crippen molar-refractivity contribution in [3.8, 4) is 0 Å². The molecule has 0 fully saturated rings. The summed E-state index contributed by atoms with van der Waals surface area (Å²) in [5.41, 5.74) is 5.67. The van der Waals surface area contributed by atoms with Crippen molar-refractivity contribution in [1.29, 1.82) is 0 Å². The first kappa shape index (κ1) is 14.4. The molecule has 1 aromatic carbocycles. The van der Waals surface area contributed by atoms with Crippen LogP contribution in [0, 0.1) is 5.82 Å². The SMILES string of the molecule is CCOC(=O)CC(O)C(O)c1cc(N)cc(F)c1. The lowest BCUT2D eigenvalue weighted by molar-refractivity contribution is -0.147. The number of esters is 1. The predicted octanol–water partition coefficient (Wildman–Crippen LogP) is 0.755. The number of rotatable bonds is 5. The Morgan fingerprint density at radius 2 is 2.11 bits per heavy atom. The molecule has 0 radical (unpaired) electrons. The van der Waals surface area contributed by atoms with Crippen molar-refractivity contribution in [3.05, 3.63) is 29.6 Å². The molecule has 6 heteroatoms. The number of anilines is 1. The van der Waals surface area contributed by atoms with Crippen molar-refractivity contribution in [2.45, 2.75) is 25.6 Å². The Kier molecular flexibility index (Phi) is 5.06. The molecular weight excluding hydrogens is 241 g/mol. The van der Waals surface area contributed by atoms with Crippen molar-refractivity contribution in [1.82, 2.24) is 0 Å². The molecule has 0 amide bonds. The Balaban J connectivity index is 2.73. The average molecular weight is 257 g/mol. The van der Waals surface area contributed by atoms with Crippen LogP contribution in [0.3, 0.4) is 0 Å². The van der Waals surface area contributed by atoms with Crippen molar-refractivity contribution in [2.75, 3.05) is 12.3 Å². The molecule has 0 aliphatic heterocycles. The molecule has 100 valence electrons.